The van der Waals surface area contributed by atoms with E-state index in [1.54, 1.807) is 6.92 Å². The molecule has 0 aliphatic carbocycles. The van der Waals surface area contributed by atoms with Crippen LogP contribution >= 0.6 is 11.8 Å². The van der Waals surface area contributed by atoms with Crippen LogP contribution in [0.2, 0.25) is 0 Å². The highest BCUT2D eigenvalue weighted by Crippen LogP contribution is 2.27. The molecule has 1 aliphatic rings. The Kier molecular flexibility index (Phi) is 4.03. The van der Waals surface area contributed by atoms with Gasteiger partial charge in [-0.25, -0.2) is 0 Å². The summed E-state index contributed by atoms with van der Waals surface area (Å²) in [5.41, 5.74) is 5.75. The maximum atomic E-state index is 9.38. The molecule has 96 valence electrons. The molecule has 1 saturated heterocycles. The molecule has 0 aromatic carbocycles. The minimum Gasteiger partial charge on any atom is -0.391 e. The lowest BCUT2D eigenvalue weighted by Gasteiger charge is -2.29. The molecule has 0 radical (unpaired) electrons. The van der Waals surface area contributed by atoms with Crippen LogP contribution < -0.4 is 5.73 Å². The number of thioether (sulfide) groups is 1. The Morgan fingerprint density at radius 2 is 2.41 bits per heavy atom. The maximum absolute atomic E-state index is 9.38. The van der Waals surface area contributed by atoms with E-state index >= 15 is 0 Å². The minimum atomic E-state index is -0.693. The van der Waals surface area contributed by atoms with Gasteiger partial charge in [-0.1, -0.05) is 5.16 Å². The standard InChI is InChI=1S/C10H18N4O2S/c1-6(15)8(11)10-12-9(13-16-10)7-5-17-4-3-14(7)2/h6-8,15H,3-5,11H2,1-2H3/t6-,7?,8+/m1/s1. The van der Waals surface area contributed by atoms with Gasteiger partial charge in [0.1, 0.15) is 6.04 Å². The first kappa shape index (κ1) is 12.8. The number of nitrogens with two attached hydrogens (primary N) is 1. The molecule has 1 aliphatic heterocycles. The molecule has 0 bridgehead atoms. The van der Waals surface area contributed by atoms with Gasteiger partial charge in [-0.05, 0) is 14.0 Å². The molecule has 17 heavy (non-hydrogen) atoms. The van der Waals surface area contributed by atoms with Crippen molar-refractivity contribution in [1.82, 2.24) is 15.0 Å². The van der Waals surface area contributed by atoms with Gasteiger partial charge in [0.2, 0.25) is 5.89 Å². The van der Waals surface area contributed by atoms with Gasteiger partial charge in [-0.3, -0.25) is 4.90 Å². The van der Waals surface area contributed by atoms with Crippen molar-refractivity contribution in [3.8, 4) is 0 Å². The molecule has 1 aromatic heterocycles. The highest BCUT2D eigenvalue weighted by Gasteiger charge is 2.27. The number of aliphatic hydroxyl groups excluding tert-OH is 1. The average molecular weight is 258 g/mol. The van der Waals surface area contributed by atoms with Crippen molar-refractivity contribution in [2.45, 2.75) is 25.1 Å². The summed E-state index contributed by atoms with van der Waals surface area (Å²) in [5, 5.41) is 13.3. The van der Waals surface area contributed by atoms with Gasteiger partial charge in [0.15, 0.2) is 5.82 Å². The van der Waals surface area contributed by atoms with Crippen LogP contribution in [0.5, 0.6) is 0 Å². The van der Waals surface area contributed by atoms with Gasteiger partial charge in [-0.15, -0.1) is 0 Å². The predicted molar refractivity (Wildman–Crippen MR) is 65.6 cm³/mol. The van der Waals surface area contributed by atoms with Crippen LogP contribution in [-0.2, 0) is 0 Å². The Hall–Kier alpha value is -0.630. The molecular weight excluding hydrogens is 240 g/mol. The number of aliphatic hydroxyl groups is 1. The molecule has 7 heteroatoms. The van der Waals surface area contributed by atoms with Gasteiger partial charge < -0.3 is 15.4 Å². The highest BCUT2D eigenvalue weighted by atomic mass is 32.2. The van der Waals surface area contributed by atoms with Gasteiger partial charge >= 0.3 is 0 Å². The Bertz CT molecular complexity index is 371. The molecule has 1 unspecified atom stereocenters. The van der Waals surface area contributed by atoms with Crippen molar-refractivity contribution in [2.75, 3.05) is 25.1 Å². The minimum absolute atomic E-state index is 0.174. The monoisotopic (exact) mass is 258 g/mol. The first-order chi connectivity index (χ1) is 8.09. The second-order valence-corrected chi connectivity index (χ2v) is 5.48. The van der Waals surface area contributed by atoms with E-state index in [1.807, 2.05) is 11.8 Å². The number of hydrogen-bond donors (Lipinski definition) is 2. The Morgan fingerprint density at radius 3 is 3.06 bits per heavy atom. The Balaban J connectivity index is 2.12. The van der Waals surface area contributed by atoms with Gasteiger partial charge in [0, 0.05) is 18.1 Å². The largest absolute Gasteiger partial charge is 0.391 e. The summed E-state index contributed by atoms with van der Waals surface area (Å²) in [6.45, 7) is 2.62. The fourth-order valence-corrected chi connectivity index (χ4v) is 2.89. The van der Waals surface area contributed by atoms with E-state index in [1.165, 1.54) is 0 Å². The molecule has 1 fully saturated rings. The molecule has 2 heterocycles. The van der Waals surface area contributed by atoms with Crippen molar-refractivity contribution in [1.29, 1.82) is 0 Å². The number of hydrogen-bond acceptors (Lipinski definition) is 7. The highest BCUT2D eigenvalue weighted by molar-refractivity contribution is 7.99. The number of nitrogens with zero attached hydrogens (tertiary/aromatic N) is 3. The van der Waals surface area contributed by atoms with Crippen LogP contribution in [0.15, 0.2) is 4.52 Å². The van der Waals surface area contributed by atoms with Crippen molar-refractivity contribution in [2.24, 2.45) is 5.73 Å². The molecule has 2 rings (SSSR count). The van der Waals surface area contributed by atoms with Crippen LogP contribution in [0.25, 0.3) is 0 Å². The van der Waals surface area contributed by atoms with E-state index in [9.17, 15) is 5.11 Å². The first-order valence-electron chi connectivity index (χ1n) is 5.64. The van der Waals surface area contributed by atoms with Crippen LogP contribution in [0.1, 0.15) is 30.7 Å². The predicted octanol–water partition coefficient (Wildman–Crippen LogP) is 0.170. The smallest absolute Gasteiger partial charge is 0.246 e. The van der Waals surface area contributed by atoms with Gasteiger partial charge in [0.05, 0.1) is 12.1 Å². The number of aromatic nitrogens is 2. The van der Waals surface area contributed by atoms with E-state index in [0.29, 0.717) is 11.7 Å². The Morgan fingerprint density at radius 1 is 1.65 bits per heavy atom. The Labute approximate surface area is 105 Å². The lowest BCUT2D eigenvalue weighted by Crippen LogP contribution is -2.33. The van der Waals surface area contributed by atoms with E-state index in [2.05, 4.69) is 22.1 Å². The zero-order valence-electron chi connectivity index (χ0n) is 10.0. The fraction of sp³-hybridized carbons (Fsp3) is 0.800. The molecule has 6 nitrogen and oxygen atoms in total. The van der Waals surface area contributed by atoms with Crippen molar-refractivity contribution in [3.63, 3.8) is 0 Å². The summed E-state index contributed by atoms with van der Waals surface area (Å²) in [6.07, 6.45) is -0.693. The molecule has 0 spiro atoms. The molecule has 0 saturated carbocycles. The van der Waals surface area contributed by atoms with Gasteiger partial charge in [0.25, 0.3) is 0 Å². The molecular formula is C10H18N4O2S. The molecule has 3 N–H and O–H groups in total. The van der Waals surface area contributed by atoms with Crippen LogP contribution in [0.4, 0.5) is 0 Å². The summed E-state index contributed by atoms with van der Waals surface area (Å²) < 4.78 is 5.11. The van der Waals surface area contributed by atoms with E-state index < -0.39 is 12.1 Å². The van der Waals surface area contributed by atoms with E-state index in [0.717, 1.165) is 18.1 Å². The molecule has 0 amide bonds. The molecule has 3 atom stereocenters. The summed E-state index contributed by atoms with van der Waals surface area (Å²) in [4.78, 5) is 6.50. The summed E-state index contributed by atoms with van der Waals surface area (Å²) in [6, 6.07) is -0.440. The van der Waals surface area contributed by atoms with Crippen LogP contribution in [0.3, 0.4) is 0 Å². The maximum Gasteiger partial charge on any atom is 0.246 e. The fourth-order valence-electron chi connectivity index (χ4n) is 1.68. The van der Waals surface area contributed by atoms with Crippen molar-refractivity contribution < 1.29 is 9.63 Å². The summed E-state index contributed by atoms with van der Waals surface area (Å²) in [7, 11) is 2.05. The third-order valence-electron chi connectivity index (χ3n) is 2.96. The summed E-state index contributed by atoms with van der Waals surface area (Å²) in [5.74, 6) is 3.05. The van der Waals surface area contributed by atoms with Crippen molar-refractivity contribution in [3.05, 3.63) is 11.7 Å². The third-order valence-corrected chi connectivity index (χ3v) is 3.98. The van der Waals surface area contributed by atoms with Crippen molar-refractivity contribution >= 4 is 11.8 Å². The normalized spacial score (nSPS) is 25.8. The SMILES string of the molecule is C[C@@H](O)[C@H](N)c1nc(C2CSCCN2C)no1. The van der Waals surface area contributed by atoms with E-state index in [-0.39, 0.29) is 6.04 Å². The zero-order valence-corrected chi connectivity index (χ0v) is 10.9. The quantitative estimate of drug-likeness (QED) is 0.799. The second-order valence-electron chi connectivity index (χ2n) is 4.33. The topological polar surface area (TPSA) is 88.4 Å². The first-order valence-corrected chi connectivity index (χ1v) is 6.80. The molecule has 1 aromatic rings. The summed E-state index contributed by atoms with van der Waals surface area (Å²) >= 11 is 1.88. The zero-order chi connectivity index (χ0) is 12.4. The van der Waals surface area contributed by atoms with Gasteiger partial charge in [-0.2, -0.15) is 16.7 Å². The average Bonchev–Trinajstić information content (AvgIpc) is 2.77. The second kappa shape index (κ2) is 5.34. The number of rotatable bonds is 3. The lowest BCUT2D eigenvalue weighted by molar-refractivity contribution is 0.146. The van der Waals surface area contributed by atoms with Crippen LogP contribution in [0, 0.1) is 0 Å². The van der Waals surface area contributed by atoms with Crippen LogP contribution in [-0.4, -0.2) is 51.3 Å². The third kappa shape index (κ3) is 2.79. The van der Waals surface area contributed by atoms with E-state index in [4.69, 9.17) is 10.3 Å². The lowest BCUT2D eigenvalue weighted by atomic mass is 10.2.